The lowest BCUT2D eigenvalue weighted by molar-refractivity contribution is 0.180. The number of nitrogens with zero attached hydrogens (tertiary/aromatic N) is 3. The van der Waals surface area contributed by atoms with Crippen molar-refractivity contribution in [3.63, 3.8) is 0 Å². The second-order valence-electron chi connectivity index (χ2n) is 8.04. The zero-order valence-electron chi connectivity index (χ0n) is 15.7. The molecular formula is C23H24ClN3. The van der Waals surface area contributed by atoms with Crippen molar-refractivity contribution in [1.82, 2.24) is 14.8 Å². The third-order valence-electron chi connectivity index (χ3n) is 5.95. The van der Waals surface area contributed by atoms with Gasteiger partial charge in [-0.05, 0) is 73.3 Å². The molecule has 0 N–H and O–H groups in total. The van der Waals surface area contributed by atoms with Gasteiger partial charge in [0.1, 0.15) is 0 Å². The van der Waals surface area contributed by atoms with Crippen LogP contribution in [-0.2, 0) is 0 Å². The fourth-order valence-electron chi connectivity index (χ4n) is 4.51. The van der Waals surface area contributed by atoms with Crippen molar-refractivity contribution in [2.75, 3.05) is 33.2 Å². The number of piperidine rings is 1. The van der Waals surface area contributed by atoms with Crippen molar-refractivity contribution in [3.05, 3.63) is 70.7 Å². The first-order valence-corrected chi connectivity index (χ1v) is 10.2. The number of likely N-dealkylation sites (tertiary alicyclic amines) is 1. The van der Waals surface area contributed by atoms with Crippen molar-refractivity contribution in [3.8, 4) is 11.1 Å². The van der Waals surface area contributed by atoms with Crippen molar-refractivity contribution in [2.45, 2.75) is 12.8 Å². The molecule has 4 heteroatoms. The Morgan fingerprint density at radius 1 is 1.11 bits per heavy atom. The zero-order chi connectivity index (χ0) is 18.4. The van der Waals surface area contributed by atoms with Gasteiger partial charge in [0.25, 0.3) is 0 Å². The van der Waals surface area contributed by atoms with Crippen LogP contribution in [0.1, 0.15) is 18.4 Å². The van der Waals surface area contributed by atoms with Gasteiger partial charge in [-0.2, -0.15) is 0 Å². The van der Waals surface area contributed by atoms with Crippen molar-refractivity contribution < 1.29 is 0 Å². The van der Waals surface area contributed by atoms with Crippen LogP contribution in [0.15, 0.2) is 60.1 Å². The maximum atomic E-state index is 6.03. The molecule has 3 aliphatic rings. The summed E-state index contributed by atoms with van der Waals surface area (Å²) in [6.07, 6.45) is 8.95. The van der Waals surface area contributed by atoms with Crippen LogP contribution in [-0.4, -0.2) is 48.0 Å². The molecule has 0 amide bonds. The average molecular weight is 378 g/mol. The normalized spacial score (nSPS) is 22.1. The number of hydrogen-bond donors (Lipinski definition) is 0. The molecule has 1 atom stereocenters. The molecule has 2 aromatic rings. The van der Waals surface area contributed by atoms with Crippen LogP contribution < -0.4 is 0 Å². The standard InChI is InChI=1S/C23H24ClN3/c1-26-8-2-3-16(13-26)14-27-15-22(21-10-23(21)27)19-9-18(11-25-12-19)17-4-6-20(24)7-5-17/h4-7,9-12,16H,2-3,8,13-15H2,1H3. The summed E-state index contributed by atoms with van der Waals surface area (Å²) in [5.41, 5.74) is 7.86. The van der Waals surface area contributed by atoms with E-state index in [4.69, 9.17) is 11.6 Å². The lowest BCUT2D eigenvalue weighted by atomic mass is 9.97. The highest BCUT2D eigenvalue weighted by Gasteiger charge is 2.36. The first-order chi connectivity index (χ1) is 13.2. The van der Waals surface area contributed by atoms with Gasteiger partial charge in [-0.3, -0.25) is 4.98 Å². The summed E-state index contributed by atoms with van der Waals surface area (Å²) in [5, 5.41) is 0.763. The number of allylic oxidation sites excluding steroid dienone is 2. The van der Waals surface area contributed by atoms with Crippen LogP contribution in [0.2, 0.25) is 5.02 Å². The van der Waals surface area contributed by atoms with Gasteiger partial charge < -0.3 is 9.80 Å². The molecule has 3 nitrogen and oxygen atoms in total. The van der Waals surface area contributed by atoms with Gasteiger partial charge in [0.15, 0.2) is 0 Å². The van der Waals surface area contributed by atoms with Gasteiger partial charge in [-0.15, -0.1) is 0 Å². The van der Waals surface area contributed by atoms with Crippen LogP contribution in [0, 0.1) is 5.92 Å². The van der Waals surface area contributed by atoms with E-state index in [9.17, 15) is 0 Å². The molecule has 27 heavy (non-hydrogen) atoms. The van der Waals surface area contributed by atoms with E-state index >= 15 is 0 Å². The third-order valence-corrected chi connectivity index (χ3v) is 6.21. The minimum atomic E-state index is 0.763. The first-order valence-electron chi connectivity index (χ1n) is 9.77. The molecule has 2 aliphatic heterocycles. The smallest absolute Gasteiger partial charge is 0.0454 e. The number of benzene rings is 1. The Labute approximate surface area is 166 Å². The predicted octanol–water partition coefficient (Wildman–Crippen LogP) is 4.71. The number of hydrogen-bond acceptors (Lipinski definition) is 3. The second kappa shape index (κ2) is 6.81. The molecular weight excluding hydrogens is 354 g/mol. The number of rotatable bonds is 4. The molecule has 0 saturated carbocycles. The molecule has 1 aliphatic carbocycles. The van der Waals surface area contributed by atoms with Gasteiger partial charge >= 0.3 is 0 Å². The van der Waals surface area contributed by atoms with E-state index in [1.54, 1.807) is 0 Å². The quantitative estimate of drug-likeness (QED) is 0.769. The van der Waals surface area contributed by atoms with Gasteiger partial charge in [-0.1, -0.05) is 23.7 Å². The molecule has 3 heterocycles. The van der Waals surface area contributed by atoms with Crippen molar-refractivity contribution >= 4 is 17.2 Å². The fourth-order valence-corrected chi connectivity index (χ4v) is 4.64. The van der Waals surface area contributed by atoms with Crippen LogP contribution in [0.3, 0.4) is 0 Å². The molecule has 1 aromatic heterocycles. The molecule has 1 unspecified atom stereocenters. The van der Waals surface area contributed by atoms with Crippen molar-refractivity contribution in [1.29, 1.82) is 0 Å². The molecule has 138 valence electrons. The van der Waals surface area contributed by atoms with E-state index in [1.165, 1.54) is 54.9 Å². The Kier molecular flexibility index (Phi) is 4.30. The summed E-state index contributed by atoms with van der Waals surface area (Å²) in [4.78, 5) is 9.56. The lowest BCUT2D eigenvalue weighted by Crippen LogP contribution is -2.37. The highest BCUT2D eigenvalue weighted by Crippen LogP contribution is 2.45. The fraction of sp³-hybridized carbons (Fsp3) is 0.348. The van der Waals surface area contributed by atoms with E-state index in [1.807, 2.05) is 24.5 Å². The Hall–Kier alpha value is -2.10. The molecule has 1 saturated heterocycles. The van der Waals surface area contributed by atoms with Gasteiger partial charge in [-0.25, -0.2) is 0 Å². The molecule has 0 bridgehead atoms. The minimum Gasteiger partial charge on any atom is -0.366 e. The molecule has 1 fully saturated rings. The molecule has 0 radical (unpaired) electrons. The van der Waals surface area contributed by atoms with Gasteiger partial charge in [0, 0.05) is 53.9 Å². The Balaban J connectivity index is 1.32. The van der Waals surface area contributed by atoms with E-state index in [0.29, 0.717) is 0 Å². The number of aromatic nitrogens is 1. The largest absolute Gasteiger partial charge is 0.366 e. The van der Waals surface area contributed by atoms with Crippen molar-refractivity contribution in [2.24, 2.45) is 5.92 Å². The molecule has 5 rings (SSSR count). The van der Waals surface area contributed by atoms with Crippen LogP contribution in [0.5, 0.6) is 0 Å². The summed E-state index contributed by atoms with van der Waals surface area (Å²) in [5.74, 6) is 0.782. The Bertz CT molecular complexity index is 929. The Morgan fingerprint density at radius 3 is 2.74 bits per heavy atom. The number of fused-ring (bicyclic) bond motifs is 1. The summed E-state index contributed by atoms with van der Waals surface area (Å²) < 4.78 is 0. The first kappa shape index (κ1) is 17.0. The predicted molar refractivity (Wildman–Crippen MR) is 111 cm³/mol. The van der Waals surface area contributed by atoms with Crippen LogP contribution >= 0.6 is 11.6 Å². The zero-order valence-corrected chi connectivity index (χ0v) is 16.4. The van der Waals surface area contributed by atoms with Crippen LogP contribution in [0.4, 0.5) is 0 Å². The maximum absolute atomic E-state index is 6.03. The van der Waals surface area contributed by atoms with Gasteiger partial charge in [0.05, 0.1) is 0 Å². The highest BCUT2D eigenvalue weighted by molar-refractivity contribution is 6.30. The third kappa shape index (κ3) is 3.42. The van der Waals surface area contributed by atoms with E-state index in [0.717, 1.165) is 28.6 Å². The average Bonchev–Trinajstić information content (AvgIpc) is 3.39. The van der Waals surface area contributed by atoms with E-state index in [-0.39, 0.29) is 0 Å². The lowest BCUT2D eigenvalue weighted by Gasteiger charge is -2.33. The number of pyridine rings is 1. The maximum Gasteiger partial charge on any atom is 0.0454 e. The Morgan fingerprint density at radius 2 is 1.93 bits per heavy atom. The summed E-state index contributed by atoms with van der Waals surface area (Å²) in [6, 6.07) is 10.2. The summed E-state index contributed by atoms with van der Waals surface area (Å²) >= 11 is 6.03. The van der Waals surface area contributed by atoms with Crippen LogP contribution in [0.25, 0.3) is 16.7 Å². The summed E-state index contributed by atoms with van der Waals surface area (Å²) in [6.45, 7) is 4.67. The monoisotopic (exact) mass is 377 g/mol. The minimum absolute atomic E-state index is 0.763. The summed E-state index contributed by atoms with van der Waals surface area (Å²) in [7, 11) is 2.25. The molecule has 0 spiro atoms. The van der Waals surface area contributed by atoms with E-state index in [2.05, 4.69) is 46.1 Å². The number of halogens is 1. The highest BCUT2D eigenvalue weighted by atomic mass is 35.5. The SMILES string of the molecule is CN1CCCC(CN2CC(c3cncc(-c4ccc(Cl)cc4)c3)=C3C=C32)C1. The second-order valence-corrected chi connectivity index (χ2v) is 8.48. The van der Waals surface area contributed by atoms with Gasteiger partial charge in [0.2, 0.25) is 0 Å². The topological polar surface area (TPSA) is 19.4 Å². The molecule has 1 aromatic carbocycles. The van der Waals surface area contributed by atoms with E-state index < -0.39 is 0 Å².